The maximum atomic E-state index is 12.3. The molecule has 1 fully saturated rings. The van der Waals surface area contributed by atoms with Gasteiger partial charge in [0, 0.05) is 24.4 Å². The van der Waals surface area contributed by atoms with Crippen molar-refractivity contribution in [2.24, 2.45) is 0 Å². The highest BCUT2D eigenvalue weighted by Gasteiger charge is 2.22. The van der Waals surface area contributed by atoms with E-state index in [1.807, 2.05) is 42.5 Å². The lowest BCUT2D eigenvalue weighted by Gasteiger charge is -2.29. The van der Waals surface area contributed by atoms with Gasteiger partial charge in [0.2, 0.25) is 0 Å². The zero-order chi connectivity index (χ0) is 18.2. The molecule has 26 heavy (non-hydrogen) atoms. The minimum atomic E-state index is -0.0307. The predicted octanol–water partition coefficient (Wildman–Crippen LogP) is 2.31. The molecule has 1 amide bonds. The number of likely N-dealkylation sites (tertiary alicyclic amines) is 1. The number of amides is 1. The molecule has 2 aromatic rings. The Morgan fingerprint density at radius 3 is 2.50 bits per heavy atom. The summed E-state index contributed by atoms with van der Waals surface area (Å²) < 4.78 is 5.84. The topological polar surface area (TPSA) is 42.8 Å². The third-order valence-corrected chi connectivity index (χ3v) is 4.99. The lowest BCUT2D eigenvalue weighted by atomic mass is 10.0. The van der Waals surface area contributed by atoms with Gasteiger partial charge in [-0.25, -0.2) is 0 Å². The van der Waals surface area contributed by atoms with Crippen LogP contribution in [-0.4, -0.2) is 38.2 Å². The molecule has 138 valence electrons. The van der Waals surface area contributed by atoms with Crippen molar-refractivity contribution in [3.63, 3.8) is 0 Å². The van der Waals surface area contributed by atoms with E-state index in [0.29, 0.717) is 0 Å². The molecule has 1 heterocycles. The fourth-order valence-corrected chi connectivity index (χ4v) is 3.64. The quantitative estimate of drug-likeness (QED) is 0.802. The van der Waals surface area contributed by atoms with Crippen LogP contribution in [0.15, 0.2) is 54.6 Å². The molecule has 1 aliphatic rings. The molecule has 2 N–H and O–H groups in total. The Balaban J connectivity index is 1.51. The second-order valence-electron chi connectivity index (χ2n) is 6.99. The molecule has 0 spiro atoms. The normalized spacial score (nSPS) is 19.7. The molecule has 0 bridgehead atoms. The number of hydrogen-bond donors (Lipinski definition) is 2. The summed E-state index contributed by atoms with van der Waals surface area (Å²) in [5, 5.41) is 3.13. The molecule has 1 aliphatic heterocycles. The number of carbonyl (C=O) groups excluding carboxylic acids is 1. The van der Waals surface area contributed by atoms with Gasteiger partial charge >= 0.3 is 0 Å². The number of hydrogen-bond acceptors (Lipinski definition) is 2. The molecule has 2 aromatic carbocycles. The van der Waals surface area contributed by atoms with Crippen molar-refractivity contribution in [2.45, 2.75) is 32.2 Å². The number of rotatable bonds is 7. The van der Waals surface area contributed by atoms with E-state index < -0.39 is 0 Å². The molecule has 4 heteroatoms. The third-order valence-electron chi connectivity index (χ3n) is 4.99. The Labute approximate surface area is 156 Å². The Morgan fingerprint density at radius 2 is 1.77 bits per heavy atom. The number of ether oxygens (including phenoxy) is 1. The second-order valence-corrected chi connectivity index (χ2v) is 6.99. The van der Waals surface area contributed by atoms with Crippen molar-refractivity contribution in [1.29, 1.82) is 0 Å². The average molecular weight is 353 g/mol. The van der Waals surface area contributed by atoms with Crippen LogP contribution in [0.5, 0.6) is 5.75 Å². The van der Waals surface area contributed by atoms with Gasteiger partial charge in [0.05, 0.1) is 19.6 Å². The van der Waals surface area contributed by atoms with E-state index >= 15 is 0 Å². The minimum absolute atomic E-state index is 0.0307. The van der Waals surface area contributed by atoms with Gasteiger partial charge in [0.25, 0.3) is 5.91 Å². The first-order chi connectivity index (χ1) is 12.8. The molecular formula is C22H29N2O2+. The van der Waals surface area contributed by atoms with Crippen molar-refractivity contribution >= 4 is 5.91 Å². The van der Waals surface area contributed by atoms with Crippen molar-refractivity contribution in [3.8, 4) is 16.9 Å². The number of para-hydroxylation sites is 1. The highest BCUT2D eigenvalue weighted by atomic mass is 16.5. The largest absolute Gasteiger partial charge is 0.483 e. The van der Waals surface area contributed by atoms with Gasteiger partial charge in [-0.1, -0.05) is 55.5 Å². The standard InChI is InChI=1S/C22H28N2O2/c1-2-14-24-15-12-19(13-16-24)23-22(25)17-26-21-11-7-6-10-20(21)18-8-4-3-5-9-18/h3-11,19H,2,12-17H2,1H3,(H,23,25)/p+1. The van der Waals surface area contributed by atoms with E-state index in [4.69, 9.17) is 4.74 Å². The summed E-state index contributed by atoms with van der Waals surface area (Å²) in [5.74, 6) is 0.716. The summed E-state index contributed by atoms with van der Waals surface area (Å²) in [7, 11) is 0. The van der Waals surface area contributed by atoms with E-state index in [1.165, 1.54) is 13.0 Å². The van der Waals surface area contributed by atoms with Crippen LogP contribution in [0.2, 0.25) is 0 Å². The maximum Gasteiger partial charge on any atom is 0.258 e. The SMILES string of the molecule is CCC[NH+]1CCC(NC(=O)COc2ccccc2-c2ccccc2)CC1. The summed E-state index contributed by atoms with van der Waals surface area (Å²) in [5.41, 5.74) is 2.10. The first-order valence-electron chi connectivity index (χ1n) is 9.66. The number of quaternary nitrogens is 1. The number of piperidine rings is 1. The smallest absolute Gasteiger partial charge is 0.258 e. The Hall–Kier alpha value is -2.33. The predicted molar refractivity (Wildman–Crippen MR) is 104 cm³/mol. The highest BCUT2D eigenvalue weighted by Crippen LogP contribution is 2.29. The van der Waals surface area contributed by atoms with Crippen LogP contribution in [-0.2, 0) is 4.79 Å². The van der Waals surface area contributed by atoms with Crippen molar-refractivity contribution in [3.05, 3.63) is 54.6 Å². The van der Waals surface area contributed by atoms with Crippen LogP contribution in [0.4, 0.5) is 0 Å². The van der Waals surface area contributed by atoms with Crippen LogP contribution in [0.25, 0.3) is 11.1 Å². The lowest BCUT2D eigenvalue weighted by molar-refractivity contribution is -0.905. The van der Waals surface area contributed by atoms with Crippen molar-refractivity contribution in [1.82, 2.24) is 5.32 Å². The molecule has 0 saturated carbocycles. The number of carbonyl (C=O) groups is 1. The van der Waals surface area contributed by atoms with Gasteiger partial charge in [0.1, 0.15) is 5.75 Å². The number of nitrogens with one attached hydrogen (secondary N) is 2. The summed E-state index contributed by atoms with van der Waals surface area (Å²) in [6, 6.07) is 18.3. The zero-order valence-electron chi connectivity index (χ0n) is 15.5. The first kappa shape index (κ1) is 18.5. The molecule has 0 aliphatic carbocycles. The van der Waals surface area contributed by atoms with Crippen LogP contribution in [0.1, 0.15) is 26.2 Å². The average Bonchev–Trinajstić information content (AvgIpc) is 2.69. The summed E-state index contributed by atoms with van der Waals surface area (Å²) in [4.78, 5) is 14.0. The molecular weight excluding hydrogens is 324 g/mol. The second kappa shape index (κ2) is 9.39. The summed E-state index contributed by atoms with van der Waals surface area (Å²) in [6.45, 7) is 5.82. The molecule has 0 aromatic heterocycles. The Bertz CT molecular complexity index is 694. The fraction of sp³-hybridized carbons (Fsp3) is 0.409. The fourth-order valence-electron chi connectivity index (χ4n) is 3.64. The van der Waals surface area contributed by atoms with Gasteiger partial charge < -0.3 is 15.0 Å². The minimum Gasteiger partial charge on any atom is -0.483 e. The van der Waals surface area contributed by atoms with E-state index in [9.17, 15) is 4.79 Å². The molecule has 1 saturated heterocycles. The monoisotopic (exact) mass is 353 g/mol. The van der Waals surface area contributed by atoms with E-state index in [1.54, 1.807) is 4.90 Å². The number of benzene rings is 2. The molecule has 0 radical (unpaired) electrons. The van der Waals surface area contributed by atoms with E-state index in [0.717, 1.165) is 42.8 Å². The summed E-state index contributed by atoms with van der Waals surface area (Å²) >= 11 is 0. The van der Waals surface area contributed by atoms with Gasteiger partial charge in [-0.2, -0.15) is 0 Å². The maximum absolute atomic E-state index is 12.3. The van der Waals surface area contributed by atoms with E-state index in [2.05, 4.69) is 24.4 Å². The molecule has 0 unspecified atom stereocenters. The van der Waals surface area contributed by atoms with Gasteiger partial charge in [-0.05, 0) is 18.1 Å². The Morgan fingerprint density at radius 1 is 1.08 bits per heavy atom. The molecule has 3 rings (SSSR count). The lowest BCUT2D eigenvalue weighted by Crippen LogP contribution is -3.13. The van der Waals surface area contributed by atoms with Crippen LogP contribution < -0.4 is 15.0 Å². The van der Waals surface area contributed by atoms with Crippen molar-refractivity contribution < 1.29 is 14.4 Å². The zero-order valence-corrected chi connectivity index (χ0v) is 15.5. The van der Waals surface area contributed by atoms with Crippen molar-refractivity contribution in [2.75, 3.05) is 26.2 Å². The Kier molecular flexibility index (Phi) is 6.67. The van der Waals surface area contributed by atoms with Crippen LogP contribution in [0.3, 0.4) is 0 Å². The highest BCUT2D eigenvalue weighted by molar-refractivity contribution is 5.78. The summed E-state index contributed by atoms with van der Waals surface area (Å²) in [6.07, 6.45) is 3.34. The van der Waals surface area contributed by atoms with Crippen LogP contribution in [0, 0.1) is 0 Å². The molecule has 0 atom stereocenters. The van der Waals surface area contributed by atoms with Crippen LogP contribution >= 0.6 is 0 Å². The molecule has 4 nitrogen and oxygen atoms in total. The van der Waals surface area contributed by atoms with E-state index in [-0.39, 0.29) is 18.6 Å². The van der Waals surface area contributed by atoms with Gasteiger partial charge in [-0.15, -0.1) is 0 Å². The first-order valence-corrected chi connectivity index (χ1v) is 9.66. The van der Waals surface area contributed by atoms with Gasteiger partial charge in [-0.3, -0.25) is 4.79 Å². The third kappa shape index (κ3) is 5.09. The van der Waals surface area contributed by atoms with Gasteiger partial charge in [0.15, 0.2) is 6.61 Å².